The maximum atomic E-state index is 9.17. The molecule has 5 heteroatoms. The average molecular weight is 277 g/mol. The summed E-state index contributed by atoms with van der Waals surface area (Å²) in [4.78, 5) is 4.24. The number of hydrogen-bond acceptors (Lipinski definition) is 4. The first-order valence-corrected chi connectivity index (χ1v) is 7.01. The first-order valence-electron chi connectivity index (χ1n) is 7.01. The van der Waals surface area contributed by atoms with Crippen LogP contribution in [0.25, 0.3) is 0 Å². The van der Waals surface area contributed by atoms with Crippen molar-refractivity contribution in [3.05, 3.63) is 23.3 Å². The number of aliphatic imine (C=N–C) groups is 1. The molecule has 110 valence electrons. The molecule has 2 heterocycles. The van der Waals surface area contributed by atoms with Gasteiger partial charge in [0, 0.05) is 5.57 Å². The van der Waals surface area contributed by atoms with Gasteiger partial charge in [-0.3, -0.25) is 10.4 Å². The van der Waals surface area contributed by atoms with Gasteiger partial charge in [-0.25, -0.2) is 0 Å². The molecule has 1 unspecified atom stereocenters. The summed E-state index contributed by atoms with van der Waals surface area (Å²) < 4.78 is 5.91. The maximum Gasteiger partial charge on any atom is 0.128 e. The largest absolute Gasteiger partial charge is 0.394 e. The summed E-state index contributed by atoms with van der Waals surface area (Å²) in [6, 6.07) is -0.00436. The Morgan fingerprint density at radius 1 is 1.70 bits per heavy atom. The van der Waals surface area contributed by atoms with Crippen LogP contribution in [-0.2, 0) is 4.74 Å². The molecule has 3 atom stereocenters. The van der Waals surface area contributed by atoms with Crippen LogP contribution in [0.1, 0.15) is 33.6 Å². The van der Waals surface area contributed by atoms with Crippen LogP contribution >= 0.6 is 0 Å². The molecule has 1 saturated heterocycles. The highest BCUT2D eigenvalue weighted by molar-refractivity contribution is 6.05. The van der Waals surface area contributed by atoms with Gasteiger partial charge >= 0.3 is 0 Å². The third-order valence-corrected chi connectivity index (χ3v) is 4.17. The third kappa shape index (κ3) is 2.99. The van der Waals surface area contributed by atoms with E-state index in [1.54, 1.807) is 6.34 Å². The Morgan fingerprint density at radius 2 is 2.45 bits per heavy atom. The molecule has 20 heavy (non-hydrogen) atoms. The number of aliphatic hydroxyl groups excluding tert-OH is 1. The van der Waals surface area contributed by atoms with Crippen LogP contribution in [-0.4, -0.2) is 41.6 Å². The molecule has 2 aliphatic rings. The molecule has 0 amide bonds. The number of hydrogen-bond donors (Lipinski definition) is 3. The van der Waals surface area contributed by atoms with E-state index in [-0.39, 0.29) is 24.4 Å². The van der Waals surface area contributed by atoms with Crippen molar-refractivity contribution in [1.82, 2.24) is 5.32 Å². The second kappa shape index (κ2) is 5.89. The zero-order chi connectivity index (χ0) is 14.8. The Hall–Kier alpha value is -1.46. The van der Waals surface area contributed by atoms with Crippen molar-refractivity contribution in [2.45, 2.75) is 51.4 Å². The molecule has 5 nitrogen and oxygen atoms in total. The summed E-state index contributed by atoms with van der Waals surface area (Å²) in [5.74, 6) is 0.391. The number of amidine groups is 1. The lowest BCUT2D eigenvalue weighted by Crippen LogP contribution is -2.32. The molecule has 2 aliphatic heterocycles. The number of allylic oxidation sites excluding steroid dienone is 2. The summed E-state index contributed by atoms with van der Waals surface area (Å²) in [6.45, 7) is 6.13. The Morgan fingerprint density at radius 3 is 3.05 bits per heavy atom. The molecule has 3 N–H and O–H groups in total. The average Bonchev–Trinajstić information content (AvgIpc) is 2.81. The molecule has 0 aromatic heterocycles. The lowest BCUT2D eigenvalue weighted by atomic mass is 9.92. The third-order valence-electron chi connectivity index (χ3n) is 4.17. The van der Waals surface area contributed by atoms with E-state index in [9.17, 15) is 5.11 Å². The Labute approximate surface area is 119 Å². The number of ether oxygens (including phenoxy) is 1. The number of nitrogens with one attached hydrogen (secondary N) is 2. The topological polar surface area (TPSA) is 77.7 Å². The summed E-state index contributed by atoms with van der Waals surface area (Å²) in [6.07, 6.45) is 7.23. The standard InChI is InChI=1S/C15H23N3O2/c1-10(15(3)7-6-12(8-19)20-15)4-5-13-11(2)17-9-18-14(13)16/h4-5,9,11-12,19H,6-8H2,1-3H3,(H2,16,17,18)/b10-4+,13-5+/t11?,12-,15+/m0/s1. The van der Waals surface area contributed by atoms with Crippen molar-refractivity contribution in [2.75, 3.05) is 6.61 Å². The minimum Gasteiger partial charge on any atom is -0.394 e. The Bertz CT molecular complexity index is 482. The van der Waals surface area contributed by atoms with Gasteiger partial charge in [-0.1, -0.05) is 12.2 Å². The van der Waals surface area contributed by atoms with E-state index >= 15 is 0 Å². The van der Waals surface area contributed by atoms with Crippen LogP contribution in [0.15, 0.2) is 28.3 Å². The van der Waals surface area contributed by atoms with Crippen molar-refractivity contribution < 1.29 is 9.84 Å². The van der Waals surface area contributed by atoms with Gasteiger partial charge in [0.1, 0.15) is 5.84 Å². The zero-order valence-corrected chi connectivity index (χ0v) is 12.3. The summed E-state index contributed by atoms with van der Waals surface area (Å²) >= 11 is 0. The van der Waals surface area contributed by atoms with Crippen LogP contribution in [0.3, 0.4) is 0 Å². The van der Waals surface area contributed by atoms with Gasteiger partial charge in [0.25, 0.3) is 0 Å². The van der Waals surface area contributed by atoms with Crippen LogP contribution in [0, 0.1) is 5.41 Å². The van der Waals surface area contributed by atoms with E-state index in [0.29, 0.717) is 5.84 Å². The van der Waals surface area contributed by atoms with Crippen LogP contribution < -0.4 is 5.32 Å². The molecular formula is C15H23N3O2. The lowest BCUT2D eigenvalue weighted by Gasteiger charge is -2.26. The first kappa shape index (κ1) is 14.9. The van der Waals surface area contributed by atoms with Crippen LogP contribution in [0.4, 0.5) is 0 Å². The molecule has 2 rings (SSSR count). The highest BCUT2D eigenvalue weighted by atomic mass is 16.5. The Balaban J connectivity index is 2.15. The van der Waals surface area contributed by atoms with E-state index in [0.717, 1.165) is 24.0 Å². The molecule has 0 aromatic carbocycles. The van der Waals surface area contributed by atoms with Gasteiger partial charge in [0.15, 0.2) is 0 Å². The van der Waals surface area contributed by atoms with E-state index in [1.807, 2.05) is 26.0 Å². The second-order valence-corrected chi connectivity index (χ2v) is 5.64. The van der Waals surface area contributed by atoms with E-state index in [4.69, 9.17) is 10.1 Å². The highest BCUT2D eigenvalue weighted by Crippen LogP contribution is 2.35. The van der Waals surface area contributed by atoms with Gasteiger partial charge in [0.2, 0.25) is 0 Å². The molecule has 0 aliphatic carbocycles. The van der Waals surface area contributed by atoms with Crippen molar-refractivity contribution >= 4 is 12.2 Å². The van der Waals surface area contributed by atoms with Gasteiger partial charge in [-0.05, 0) is 39.2 Å². The lowest BCUT2D eigenvalue weighted by molar-refractivity contribution is -0.0268. The van der Waals surface area contributed by atoms with E-state index in [1.165, 1.54) is 0 Å². The SMILES string of the molecule is C/C(=C\C=C1\C(=N)NC=NC1C)[C@@]1(C)CC[C@@H](CO)O1. The van der Waals surface area contributed by atoms with Crippen molar-refractivity contribution in [3.63, 3.8) is 0 Å². The van der Waals surface area contributed by atoms with Crippen LogP contribution in [0.2, 0.25) is 0 Å². The van der Waals surface area contributed by atoms with E-state index < -0.39 is 0 Å². The molecule has 0 spiro atoms. The zero-order valence-electron chi connectivity index (χ0n) is 12.3. The van der Waals surface area contributed by atoms with Crippen molar-refractivity contribution in [3.8, 4) is 0 Å². The smallest absolute Gasteiger partial charge is 0.128 e. The van der Waals surface area contributed by atoms with Crippen molar-refractivity contribution in [2.24, 2.45) is 4.99 Å². The molecule has 0 aromatic rings. The number of rotatable bonds is 3. The molecule has 0 saturated carbocycles. The number of nitrogens with zero attached hydrogens (tertiary/aromatic N) is 1. The first-order chi connectivity index (χ1) is 9.46. The second-order valence-electron chi connectivity index (χ2n) is 5.64. The van der Waals surface area contributed by atoms with Gasteiger partial charge < -0.3 is 15.2 Å². The normalized spacial score (nSPS) is 36.5. The molecule has 1 fully saturated rings. The van der Waals surface area contributed by atoms with Crippen molar-refractivity contribution in [1.29, 1.82) is 5.41 Å². The van der Waals surface area contributed by atoms with E-state index in [2.05, 4.69) is 17.2 Å². The fourth-order valence-electron chi connectivity index (χ4n) is 2.54. The maximum absolute atomic E-state index is 9.17. The number of aliphatic hydroxyl groups is 1. The highest BCUT2D eigenvalue weighted by Gasteiger charge is 2.36. The van der Waals surface area contributed by atoms with Gasteiger partial charge in [-0.2, -0.15) is 0 Å². The summed E-state index contributed by atoms with van der Waals surface area (Å²) in [5, 5.41) is 19.9. The van der Waals surface area contributed by atoms with Gasteiger partial charge in [-0.15, -0.1) is 0 Å². The molecule has 0 bridgehead atoms. The quantitative estimate of drug-likeness (QED) is 0.736. The van der Waals surface area contributed by atoms with Gasteiger partial charge in [0.05, 0.1) is 30.7 Å². The summed E-state index contributed by atoms with van der Waals surface area (Å²) in [7, 11) is 0. The fourth-order valence-corrected chi connectivity index (χ4v) is 2.54. The fraction of sp³-hybridized carbons (Fsp3) is 0.600. The molecule has 0 radical (unpaired) electrons. The monoisotopic (exact) mass is 277 g/mol. The minimum absolute atomic E-state index is 0.00436. The predicted octanol–water partition coefficient (Wildman–Crippen LogP) is 1.79. The summed E-state index contributed by atoms with van der Waals surface area (Å²) in [5.41, 5.74) is 1.66. The van der Waals surface area contributed by atoms with Crippen LogP contribution in [0.5, 0.6) is 0 Å². The minimum atomic E-state index is -0.318. The molecular weight excluding hydrogens is 254 g/mol. The Kier molecular flexibility index (Phi) is 4.40. The predicted molar refractivity (Wildman–Crippen MR) is 80.3 cm³/mol.